The molecule has 27 heavy (non-hydrogen) atoms. The molecule has 1 aliphatic carbocycles. The van der Waals surface area contributed by atoms with E-state index in [0.29, 0.717) is 24.3 Å². The molecule has 2 N–H and O–H groups in total. The number of benzene rings is 2. The smallest absolute Gasteiger partial charge is 0.325 e. The molecule has 2 aliphatic rings. The number of anilines is 1. The van der Waals surface area contributed by atoms with Crippen LogP contribution in [0.1, 0.15) is 17.5 Å². The van der Waals surface area contributed by atoms with Gasteiger partial charge in [-0.2, -0.15) is 0 Å². The number of carbonyl (C=O) groups excluding carboxylic acids is 3. The fourth-order valence-electron chi connectivity index (χ4n) is 3.75. The highest BCUT2D eigenvalue weighted by atomic mass is 16.5. The van der Waals surface area contributed by atoms with Crippen LogP contribution in [0.25, 0.3) is 0 Å². The van der Waals surface area contributed by atoms with Gasteiger partial charge in [-0.1, -0.05) is 24.3 Å². The molecular formula is C20H19N3O4. The van der Waals surface area contributed by atoms with Crippen LogP contribution in [0, 0.1) is 0 Å². The Hall–Kier alpha value is -3.35. The molecule has 7 nitrogen and oxygen atoms in total. The Labute approximate surface area is 156 Å². The number of imide groups is 1. The van der Waals surface area contributed by atoms with E-state index in [-0.39, 0.29) is 12.5 Å². The number of aryl methyl sites for hydroxylation is 1. The highest BCUT2D eigenvalue weighted by Gasteiger charge is 2.55. The summed E-state index contributed by atoms with van der Waals surface area (Å²) in [5.74, 6) is -0.140. The van der Waals surface area contributed by atoms with Gasteiger partial charge in [0.2, 0.25) is 5.91 Å². The van der Waals surface area contributed by atoms with Gasteiger partial charge >= 0.3 is 6.03 Å². The number of carbonyl (C=O) groups is 3. The second kappa shape index (κ2) is 6.42. The minimum Gasteiger partial charge on any atom is -0.497 e. The number of amides is 4. The maximum atomic E-state index is 13.0. The number of fused-ring (bicyclic) bond motifs is 2. The fraction of sp³-hybridized carbons (Fsp3) is 0.250. The topological polar surface area (TPSA) is 87.7 Å². The van der Waals surface area contributed by atoms with Crippen molar-refractivity contribution < 1.29 is 19.1 Å². The van der Waals surface area contributed by atoms with Crippen LogP contribution in [0.15, 0.2) is 48.5 Å². The van der Waals surface area contributed by atoms with E-state index < -0.39 is 17.5 Å². The van der Waals surface area contributed by atoms with Crippen LogP contribution in [0.5, 0.6) is 5.75 Å². The summed E-state index contributed by atoms with van der Waals surface area (Å²) in [6, 6.07) is 13.9. The summed E-state index contributed by atoms with van der Waals surface area (Å²) in [5.41, 5.74) is 1.39. The first kappa shape index (κ1) is 17.1. The van der Waals surface area contributed by atoms with Gasteiger partial charge in [0.25, 0.3) is 5.91 Å². The van der Waals surface area contributed by atoms with E-state index in [2.05, 4.69) is 10.6 Å². The zero-order valence-electron chi connectivity index (χ0n) is 14.8. The highest BCUT2D eigenvalue weighted by Crippen LogP contribution is 2.41. The van der Waals surface area contributed by atoms with Gasteiger partial charge in [0.05, 0.1) is 7.11 Å². The van der Waals surface area contributed by atoms with Gasteiger partial charge in [-0.3, -0.25) is 14.5 Å². The minimum atomic E-state index is -1.05. The van der Waals surface area contributed by atoms with Crippen LogP contribution in [0.2, 0.25) is 0 Å². The Balaban J connectivity index is 1.49. The fourth-order valence-corrected chi connectivity index (χ4v) is 3.75. The monoisotopic (exact) mass is 365 g/mol. The number of rotatable bonds is 4. The lowest BCUT2D eigenvalue weighted by Gasteiger charge is -2.22. The Bertz CT molecular complexity index is 925. The number of ether oxygens (including phenoxy) is 1. The summed E-state index contributed by atoms with van der Waals surface area (Å²) >= 11 is 0. The second-order valence-corrected chi connectivity index (χ2v) is 6.66. The first-order chi connectivity index (χ1) is 13.0. The molecule has 1 heterocycles. The third-order valence-corrected chi connectivity index (χ3v) is 5.10. The largest absolute Gasteiger partial charge is 0.497 e. The van der Waals surface area contributed by atoms with Crippen molar-refractivity contribution in [1.82, 2.24) is 10.2 Å². The van der Waals surface area contributed by atoms with Crippen LogP contribution in [0.4, 0.5) is 10.5 Å². The molecule has 1 atom stereocenters. The van der Waals surface area contributed by atoms with Gasteiger partial charge in [0.1, 0.15) is 17.8 Å². The van der Waals surface area contributed by atoms with Crippen molar-refractivity contribution in [2.45, 2.75) is 18.4 Å². The molecular weight excluding hydrogens is 346 g/mol. The quantitative estimate of drug-likeness (QED) is 0.812. The number of nitrogens with one attached hydrogen (secondary N) is 2. The first-order valence-electron chi connectivity index (χ1n) is 8.70. The molecule has 0 unspecified atom stereocenters. The van der Waals surface area contributed by atoms with Crippen molar-refractivity contribution in [2.24, 2.45) is 0 Å². The van der Waals surface area contributed by atoms with Crippen molar-refractivity contribution in [3.63, 3.8) is 0 Å². The normalized spacial score (nSPS) is 20.6. The molecule has 0 aromatic heterocycles. The summed E-state index contributed by atoms with van der Waals surface area (Å²) < 4.78 is 5.07. The van der Waals surface area contributed by atoms with Crippen molar-refractivity contribution in [2.75, 3.05) is 19.0 Å². The molecule has 4 rings (SSSR count). The average Bonchev–Trinajstić information content (AvgIpc) is 3.16. The first-order valence-corrected chi connectivity index (χ1v) is 8.70. The van der Waals surface area contributed by atoms with Crippen LogP contribution in [-0.2, 0) is 21.5 Å². The van der Waals surface area contributed by atoms with E-state index in [1.165, 1.54) is 0 Å². The van der Waals surface area contributed by atoms with Gasteiger partial charge in [-0.05, 0) is 48.2 Å². The molecule has 7 heteroatoms. The summed E-state index contributed by atoms with van der Waals surface area (Å²) in [6.07, 6.45) is 1.22. The van der Waals surface area contributed by atoms with Crippen LogP contribution < -0.4 is 15.4 Å². The predicted molar refractivity (Wildman–Crippen MR) is 98.3 cm³/mol. The van der Waals surface area contributed by atoms with E-state index in [1.54, 1.807) is 31.4 Å². The van der Waals surface area contributed by atoms with E-state index >= 15 is 0 Å². The van der Waals surface area contributed by atoms with E-state index in [9.17, 15) is 14.4 Å². The zero-order chi connectivity index (χ0) is 19.0. The van der Waals surface area contributed by atoms with E-state index in [4.69, 9.17) is 4.74 Å². The van der Waals surface area contributed by atoms with Crippen LogP contribution >= 0.6 is 0 Å². The lowest BCUT2D eigenvalue weighted by Crippen LogP contribution is -2.42. The van der Waals surface area contributed by atoms with Gasteiger partial charge in [-0.25, -0.2) is 4.79 Å². The Morgan fingerprint density at radius 3 is 2.67 bits per heavy atom. The summed E-state index contributed by atoms with van der Waals surface area (Å²) in [6.45, 7) is -0.333. The summed E-state index contributed by atoms with van der Waals surface area (Å²) in [4.78, 5) is 38.8. The second-order valence-electron chi connectivity index (χ2n) is 6.66. The molecule has 2 aromatic carbocycles. The average molecular weight is 365 g/mol. The van der Waals surface area contributed by atoms with Crippen molar-refractivity contribution in [1.29, 1.82) is 0 Å². The standard InChI is InChI=1S/C20H19N3O4/c1-27-15-8-6-14(7-9-15)21-17(24)12-23-18(25)20(22-19(23)26)11-10-13-4-2-3-5-16(13)20/h2-9H,10-12H2,1H3,(H,21,24)(H,22,26)/t20-/m1/s1. The highest BCUT2D eigenvalue weighted by molar-refractivity contribution is 6.10. The molecule has 2 aromatic rings. The molecule has 1 aliphatic heterocycles. The molecule has 1 saturated heterocycles. The number of nitrogens with zero attached hydrogens (tertiary/aromatic N) is 1. The lowest BCUT2D eigenvalue weighted by atomic mass is 9.92. The predicted octanol–water partition coefficient (Wildman–Crippen LogP) is 2.03. The molecule has 0 saturated carbocycles. The van der Waals surface area contributed by atoms with E-state index in [1.807, 2.05) is 24.3 Å². The van der Waals surface area contributed by atoms with Crippen molar-refractivity contribution >= 4 is 23.5 Å². The Kier molecular flexibility index (Phi) is 4.07. The SMILES string of the molecule is COc1ccc(NC(=O)CN2C(=O)N[C@@]3(CCc4ccccc43)C2=O)cc1. The number of hydrogen-bond donors (Lipinski definition) is 2. The Morgan fingerprint density at radius 1 is 1.19 bits per heavy atom. The lowest BCUT2D eigenvalue weighted by molar-refractivity contribution is -0.134. The third-order valence-electron chi connectivity index (χ3n) is 5.10. The summed E-state index contributed by atoms with van der Waals surface area (Å²) in [5, 5.41) is 5.50. The van der Waals surface area contributed by atoms with Crippen LogP contribution in [-0.4, -0.2) is 36.4 Å². The molecule has 1 spiro atoms. The van der Waals surface area contributed by atoms with Gasteiger partial charge in [0.15, 0.2) is 0 Å². The summed E-state index contributed by atoms with van der Waals surface area (Å²) in [7, 11) is 1.56. The van der Waals surface area contributed by atoms with Crippen molar-refractivity contribution in [3.05, 3.63) is 59.7 Å². The number of urea groups is 1. The molecule has 0 bridgehead atoms. The maximum absolute atomic E-state index is 13.0. The molecule has 1 fully saturated rings. The Morgan fingerprint density at radius 2 is 1.93 bits per heavy atom. The third kappa shape index (κ3) is 2.81. The van der Waals surface area contributed by atoms with Gasteiger partial charge in [0, 0.05) is 5.69 Å². The van der Waals surface area contributed by atoms with Gasteiger partial charge < -0.3 is 15.4 Å². The van der Waals surface area contributed by atoms with Crippen molar-refractivity contribution in [3.8, 4) is 5.75 Å². The molecule has 0 radical (unpaired) electrons. The molecule has 4 amide bonds. The van der Waals surface area contributed by atoms with E-state index in [0.717, 1.165) is 16.0 Å². The zero-order valence-corrected chi connectivity index (χ0v) is 14.8. The minimum absolute atomic E-state index is 0.333. The molecule has 138 valence electrons. The number of methoxy groups -OCH3 is 1. The number of hydrogen-bond acceptors (Lipinski definition) is 4. The van der Waals surface area contributed by atoms with Crippen LogP contribution in [0.3, 0.4) is 0 Å². The van der Waals surface area contributed by atoms with Gasteiger partial charge in [-0.15, -0.1) is 0 Å². The maximum Gasteiger partial charge on any atom is 0.325 e.